The van der Waals surface area contributed by atoms with E-state index >= 15 is 0 Å². The maximum atomic E-state index is 12.9. The molecule has 1 saturated heterocycles. The van der Waals surface area contributed by atoms with Gasteiger partial charge >= 0.3 is 12.0 Å². The Kier molecular flexibility index (Phi) is 5.66. The summed E-state index contributed by atoms with van der Waals surface area (Å²) in [6.45, 7) is 7.13. The number of nitrogens with zero attached hydrogens (tertiary/aromatic N) is 1. The van der Waals surface area contributed by atoms with E-state index in [1.54, 1.807) is 31.2 Å². The summed E-state index contributed by atoms with van der Waals surface area (Å²) in [6, 6.07) is 6.45. The third kappa shape index (κ3) is 3.75. The number of carbonyl (C=O) groups excluding carboxylic acids is 3. The van der Waals surface area contributed by atoms with E-state index in [0.29, 0.717) is 17.7 Å². The van der Waals surface area contributed by atoms with Crippen molar-refractivity contribution in [1.29, 1.82) is 0 Å². The van der Waals surface area contributed by atoms with E-state index in [9.17, 15) is 14.4 Å². The molecule has 1 N–H and O–H groups in total. The van der Waals surface area contributed by atoms with Crippen LogP contribution in [0.2, 0.25) is 0 Å². The Hall–Kier alpha value is -2.57. The summed E-state index contributed by atoms with van der Waals surface area (Å²) in [6.07, 6.45) is 0.403. The summed E-state index contributed by atoms with van der Waals surface area (Å²) in [5, 5.41) is 2.73. The molecule has 7 heteroatoms. The minimum absolute atomic E-state index is 0.0406. The fourth-order valence-corrected chi connectivity index (χ4v) is 2.84. The van der Waals surface area contributed by atoms with Gasteiger partial charge < -0.3 is 14.8 Å². The number of amides is 3. The van der Waals surface area contributed by atoms with Crippen molar-refractivity contribution in [2.24, 2.45) is 0 Å². The molecule has 1 heterocycles. The molecule has 1 aromatic carbocycles. The molecule has 136 valence electrons. The predicted octanol–water partition coefficient (Wildman–Crippen LogP) is 2.19. The lowest BCUT2D eigenvalue weighted by molar-refractivity contribution is -0.147. The number of hydrogen-bond acceptors (Lipinski definition) is 5. The Morgan fingerprint density at radius 2 is 1.84 bits per heavy atom. The van der Waals surface area contributed by atoms with Gasteiger partial charge in [-0.1, -0.05) is 19.1 Å². The first-order valence-electron chi connectivity index (χ1n) is 8.41. The molecule has 1 aliphatic rings. The quantitative estimate of drug-likeness (QED) is 0.603. The van der Waals surface area contributed by atoms with Gasteiger partial charge in [0.2, 0.25) is 0 Å². The topological polar surface area (TPSA) is 84.9 Å². The van der Waals surface area contributed by atoms with Crippen molar-refractivity contribution >= 4 is 17.9 Å². The maximum Gasteiger partial charge on any atom is 0.326 e. The number of esters is 1. The number of nitrogens with one attached hydrogen (secondary N) is 1. The highest BCUT2D eigenvalue weighted by molar-refractivity contribution is 6.09. The molecule has 0 aromatic heterocycles. The molecule has 2 rings (SSSR count). The van der Waals surface area contributed by atoms with Crippen LogP contribution in [0.25, 0.3) is 0 Å². The smallest absolute Gasteiger partial charge is 0.326 e. The lowest BCUT2D eigenvalue weighted by Crippen LogP contribution is -2.44. The van der Waals surface area contributed by atoms with Gasteiger partial charge in [-0.05, 0) is 44.9 Å². The Labute approximate surface area is 147 Å². The van der Waals surface area contributed by atoms with Crippen LogP contribution in [0.1, 0.15) is 39.7 Å². The first kappa shape index (κ1) is 18.8. The van der Waals surface area contributed by atoms with Crippen LogP contribution in [0.15, 0.2) is 24.3 Å². The summed E-state index contributed by atoms with van der Waals surface area (Å²) in [7, 11) is 0. The van der Waals surface area contributed by atoms with Crippen molar-refractivity contribution in [3.8, 4) is 5.75 Å². The first-order chi connectivity index (χ1) is 11.8. The van der Waals surface area contributed by atoms with E-state index < -0.39 is 30.0 Å². The molecule has 1 aromatic rings. The van der Waals surface area contributed by atoms with Crippen LogP contribution in [0, 0.1) is 0 Å². The second-order valence-electron chi connectivity index (χ2n) is 6.08. The van der Waals surface area contributed by atoms with E-state index in [0.717, 1.165) is 4.90 Å². The molecule has 0 bridgehead atoms. The van der Waals surface area contributed by atoms with Crippen molar-refractivity contribution in [2.45, 2.75) is 45.8 Å². The molecule has 0 aliphatic carbocycles. The van der Waals surface area contributed by atoms with E-state index in [2.05, 4.69) is 5.32 Å². The van der Waals surface area contributed by atoms with Gasteiger partial charge in [0.25, 0.3) is 5.91 Å². The number of imide groups is 1. The zero-order chi connectivity index (χ0) is 18.6. The first-order valence-corrected chi connectivity index (χ1v) is 8.41. The number of hydrogen-bond donors (Lipinski definition) is 1. The number of urea groups is 1. The van der Waals surface area contributed by atoms with Crippen LogP contribution in [0.5, 0.6) is 5.75 Å². The van der Waals surface area contributed by atoms with Crippen LogP contribution < -0.4 is 10.1 Å². The monoisotopic (exact) mass is 348 g/mol. The second kappa shape index (κ2) is 7.55. The van der Waals surface area contributed by atoms with Crippen molar-refractivity contribution in [2.75, 3.05) is 13.2 Å². The summed E-state index contributed by atoms with van der Waals surface area (Å²) in [4.78, 5) is 37.7. The minimum atomic E-state index is -1.18. The van der Waals surface area contributed by atoms with Gasteiger partial charge in [0.05, 0.1) is 12.7 Å². The molecule has 1 fully saturated rings. The molecule has 0 saturated carbocycles. The van der Waals surface area contributed by atoms with Gasteiger partial charge in [-0.15, -0.1) is 0 Å². The van der Waals surface area contributed by atoms with Gasteiger partial charge in [-0.3, -0.25) is 14.5 Å². The Morgan fingerprint density at radius 3 is 2.36 bits per heavy atom. The third-order valence-corrected chi connectivity index (χ3v) is 4.02. The number of ether oxygens (including phenoxy) is 2. The molecule has 0 radical (unpaired) electrons. The van der Waals surface area contributed by atoms with E-state index in [1.807, 2.05) is 20.8 Å². The number of rotatable bonds is 7. The largest absolute Gasteiger partial charge is 0.491 e. The summed E-state index contributed by atoms with van der Waals surface area (Å²) < 4.78 is 10.4. The van der Waals surface area contributed by atoms with Gasteiger partial charge in [0.15, 0.2) is 0 Å². The molecule has 3 amide bonds. The average Bonchev–Trinajstić information content (AvgIpc) is 2.80. The molecular formula is C18H24N2O5. The van der Waals surface area contributed by atoms with Gasteiger partial charge in [0.1, 0.15) is 17.8 Å². The van der Waals surface area contributed by atoms with E-state index in [1.165, 1.54) is 0 Å². The van der Waals surface area contributed by atoms with Crippen LogP contribution in [0.3, 0.4) is 0 Å². The maximum absolute atomic E-state index is 12.9. The molecular weight excluding hydrogens is 324 g/mol. The predicted molar refractivity (Wildman–Crippen MR) is 91.1 cm³/mol. The lowest BCUT2D eigenvalue weighted by Gasteiger charge is -2.26. The number of carbonyl (C=O) groups is 3. The summed E-state index contributed by atoms with van der Waals surface area (Å²) in [5.41, 5.74) is -0.532. The van der Waals surface area contributed by atoms with E-state index in [-0.39, 0.29) is 12.7 Å². The highest BCUT2D eigenvalue weighted by Gasteiger charge is 2.51. The zero-order valence-electron chi connectivity index (χ0n) is 15.0. The van der Waals surface area contributed by atoms with Crippen molar-refractivity contribution in [3.63, 3.8) is 0 Å². The van der Waals surface area contributed by atoms with Crippen LogP contribution >= 0.6 is 0 Å². The molecule has 7 nitrogen and oxygen atoms in total. The van der Waals surface area contributed by atoms with Crippen LogP contribution in [0.4, 0.5) is 4.79 Å². The summed E-state index contributed by atoms with van der Waals surface area (Å²) >= 11 is 0. The Balaban J connectivity index is 2.26. The van der Waals surface area contributed by atoms with Crippen molar-refractivity contribution in [3.05, 3.63) is 29.8 Å². The molecule has 1 atom stereocenters. The molecule has 0 unspecified atom stereocenters. The van der Waals surface area contributed by atoms with Gasteiger partial charge in [-0.2, -0.15) is 0 Å². The fourth-order valence-electron chi connectivity index (χ4n) is 2.84. The normalized spacial score (nSPS) is 20.0. The fraction of sp³-hybridized carbons (Fsp3) is 0.500. The third-order valence-electron chi connectivity index (χ3n) is 4.02. The molecule has 25 heavy (non-hydrogen) atoms. The highest BCUT2D eigenvalue weighted by Crippen LogP contribution is 2.33. The van der Waals surface area contributed by atoms with Crippen molar-refractivity contribution < 1.29 is 23.9 Å². The Bertz CT molecular complexity index is 656. The molecule has 0 spiro atoms. The minimum Gasteiger partial charge on any atom is -0.491 e. The van der Waals surface area contributed by atoms with Crippen molar-refractivity contribution in [1.82, 2.24) is 10.2 Å². The van der Waals surface area contributed by atoms with Crippen LogP contribution in [-0.4, -0.2) is 42.1 Å². The van der Waals surface area contributed by atoms with Gasteiger partial charge in [0, 0.05) is 0 Å². The standard InChI is InChI=1S/C18H24N2O5/c1-5-18(13-7-9-14(10-8-13)25-12(3)4)16(22)20(17(23)19-18)11-15(21)24-6-2/h7-10,12H,5-6,11H2,1-4H3,(H,19,23)/t18-/m0/s1. The second-order valence-corrected chi connectivity index (χ2v) is 6.08. The van der Waals surface area contributed by atoms with Gasteiger partial charge in [-0.25, -0.2) is 4.79 Å². The highest BCUT2D eigenvalue weighted by atomic mass is 16.5. The summed E-state index contributed by atoms with van der Waals surface area (Å²) in [5.74, 6) is -0.380. The number of benzene rings is 1. The van der Waals surface area contributed by atoms with E-state index in [4.69, 9.17) is 9.47 Å². The zero-order valence-corrected chi connectivity index (χ0v) is 15.0. The Morgan fingerprint density at radius 1 is 1.20 bits per heavy atom. The lowest BCUT2D eigenvalue weighted by atomic mass is 9.87. The molecule has 1 aliphatic heterocycles. The SMILES string of the molecule is CCOC(=O)CN1C(=O)N[C@@](CC)(c2ccc(OC(C)C)cc2)C1=O. The van der Waals surface area contributed by atoms with Crippen LogP contribution in [-0.2, 0) is 19.9 Å². The average molecular weight is 348 g/mol.